The van der Waals surface area contributed by atoms with Crippen molar-refractivity contribution >= 4 is 11.8 Å². The van der Waals surface area contributed by atoms with E-state index in [4.69, 9.17) is 5.73 Å². The second kappa shape index (κ2) is 8.73. The van der Waals surface area contributed by atoms with Crippen LogP contribution in [0.3, 0.4) is 0 Å². The molecule has 0 bridgehead atoms. The van der Waals surface area contributed by atoms with Gasteiger partial charge in [-0.3, -0.25) is 9.59 Å². The second-order valence-corrected chi connectivity index (χ2v) is 7.18. The first-order valence-electron chi connectivity index (χ1n) is 9.07. The van der Waals surface area contributed by atoms with E-state index in [1.165, 1.54) is 12.1 Å². The molecule has 1 saturated heterocycles. The summed E-state index contributed by atoms with van der Waals surface area (Å²) in [7, 11) is 0. The van der Waals surface area contributed by atoms with Gasteiger partial charge in [-0.05, 0) is 44.2 Å². The molecule has 5 nitrogen and oxygen atoms in total. The Hall–Kier alpha value is -2.09. The summed E-state index contributed by atoms with van der Waals surface area (Å²) in [5.74, 6) is -0.168. The highest BCUT2D eigenvalue weighted by atomic mass is 19.4. The minimum absolute atomic E-state index is 0.0744. The van der Waals surface area contributed by atoms with E-state index in [9.17, 15) is 22.8 Å². The molecule has 2 rings (SSSR count). The molecule has 1 aliphatic rings. The molecule has 2 amide bonds. The van der Waals surface area contributed by atoms with Crippen LogP contribution in [0.15, 0.2) is 24.3 Å². The average molecular weight is 385 g/mol. The third kappa shape index (κ3) is 5.95. The largest absolute Gasteiger partial charge is 0.416 e. The number of nitrogens with two attached hydrogens (primary N) is 1. The lowest BCUT2D eigenvalue weighted by molar-refractivity contribution is -0.137. The minimum atomic E-state index is -4.42. The number of nitrogens with one attached hydrogen (secondary N) is 1. The summed E-state index contributed by atoms with van der Waals surface area (Å²) in [5.41, 5.74) is 5.19. The Kier molecular flexibility index (Phi) is 6.86. The first-order chi connectivity index (χ1) is 12.6. The Labute approximate surface area is 157 Å². The van der Waals surface area contributed by atoms with Crippen molar-refractivity contribution in [2.45, 2.75) is 51.4 Å². The maximum absolute atomic E-state index is 12.8. The van der Waals surface area contributed by atoms with Gasteiger partial charge in [-0.15, -0.1) is 0 Å². The minimum Gasteiger partial charge on any atom is -0.353 e. The van der Waals surface area contributed by atoms with Crippen molar-refractivity contribution in [1.82, 2.24) is 10.2 Å². The molecule has 1 aromatic rings. The van der Waals surface area contributed by atoms with Crippen LogP contribution in [0.4, 0.5) is 13.2 Å². The monoisotopic (exact) mass is 385 g/mol. The number of nitrogens with zero attached hydrogens (tertiary/aromatic N) is 1. The third-order valence-corrected chi connectivity index (χ3v) is 4.96. The van der Waals surface area contributed by atoms with Gasteiger partial charge in [-0.1, -0.05) is 18.2 Å². The zero-order chi connectivity index (χ0) is 20.2. The number of amides is 2. The summed E-state index contributed by atoms with van der Waals surface area (Å²) in [6, 6.07) is 4.17. The van der Waals surface area contributed by atoms with Gasteiger partial charge in [0.15, 0.2) is 0 Å². The van der Waals surface area contributed by atoms with Gasteiger partial charge < -0.3 is 16.0 Å². The number of carbonyl (C=O) groups is 2. The number of likely N-dealkylation sites (tertiary alicyclic amines) is 1. The van der Waals surface area contributed by atoms with Crippen molar-refractivity contribution in [2.75, 3.05) is 13.1 Å². The predicted octanol–water partition coefficient (Wildman–Crippen LogP) is 2.34. The Morgan fingerprint density at radius 2 is 1.89 bits per heavy atom. The quantitative estimate of drug-likeness (QED) is 0.817. The first-order valence-corrected chi connectivity index (χ1v) is 9.07. The fourth-order valence-electron chi connectivity index (χ4n) is 3.37. The van der Waals surface area contributed by atoms with Gasteiger partial charge in [-0.25, -0.2) is 0 Å². The smallest absolute Gasteiger partial charge is 0.353 e. The molecular weight excluding hydrogens is 359 g/mol. The molecule has 0 saturated carbocycles. The van der Waals surface area contributed by atoms with Gasteiger partial charge in [0.05, 0.1) is 18.0 Å². The van der Waals surface area contributed by atoms with Crippen molar-refractivity contribution in [2.24, 2.45) is 11.7 Å². The van der Waals surface area contributed by atoms with Crippen LogP contribution >= 0.6 is 0 Å². The number of rotatable bonds is 5. The molecule has 1 heterocycles. The molecule has 0 radical (unpaired) electrons. The summed E-state index contributed by atoms with van der Waals surface area (Å²) >= 11 is 0. The maximum Gasteiger partial charge on any atom is 0.416 e. The Morgan fingerprint density at radius 1 is 1.26 bits per heavy atom. The number of benzene rings is 1. The van der Waals surface area contributed by atoms with Gasteiger partial charge >= 0.3 is 6.18 Å². The molecular formula is C19H26F3N3O2. The normalized spacial score (nSPS) is 18.1. The molecule has 0 aromatic heterocycles. The highest BCUT2D eigenvalue weighted by Gasteiger charge is 2.31. The Balaban J connectivity index is 1.85. The molecule has 150 valence electrons. The van der Waals surface area contributed by atoms with E-state index in [0.717, 1.165) is 25.0 Å². The van der Waals surface area contributed by atoms with E-state index < -0.39 is 17.8 Å². The topological polar surface area (TPSA) is 75.4 Å². The standard InChI is InChI=1S/C19H26F3N3O2/c1-12(23)18(27)25-8-6-15(7-9-25)13(2)24-17(26)11-14-4-3-5-16(10-14)19(20,21)22/h3-5,10,12-13,15H,6-9,11,23H2,1-2H3,(H,24,26)/t12-,13?/m0/s1. The zero-order valence-corrected chi connectivity index (χ0v) is 15.6. The predicted molar refractivity (Wildman–Crippen MR) is 95.7 cm³/mol. The van der Waals surface area contributed by atoms with E-state index in [1.54, 1.807) is 11.8 Å². The van der Waals surface area contributed by atoms with Gasteiger partial charge in [-0.2, -0.15) is 13.2 Å². The second-order valence-electron chi connectivity index (χ2n) is 7.18. The number of hydrogen-bond acceptors (Lipinski definition) is 3. The number of halogens is 3. The van der Waals surface area contributed by atoms with Crippen molar-refractivity contribution in [1.29, 1.82) is 0 Å². The Bertz CT molecular complexity index is 668. The van der Waals surface area contributed by atoms with Crippen molar-refractivity contribution < 1.29 is 22.8 Å². The number of piperidine rings is 1. The van der Waals surface area contributed by atoms with Gasteiger partial charge in [0.25, 0.3) is 0 Å². The fraction of sp³-hybridized carbons (Fsp3) is 0.579. The molecule has 1 aliphatic heterocycles. The van der Waals surface area contributed by atoms with Crippen LogP contribution in [-0.2, 0) is 22.2 Å². The molecule has 2 atom stereocenters. The van der Waals surface area contributed by atoms with Gasteiger partial charge in [0, 0.05) is 19.1 Å². The molecule has 0 spiro atoms. The molecule has 0 aliphatic carbocycles. The van der Waals surface area contributed by atoms with Crippen LogP contribution in [0, 0.1) is 5.92 Å². The van der Waals surface area contributed by atoms with Crippen LogP contribution in [0.5, 0.6) is 0 Å². The summed E-state index contributed by atoms with van der Waals surface area (Å²) in [5, 5.41) is 2.87. The SMILES string of the molecule is CC(NC(=O)Cc1cccc(C(F)(F)F)c1)C1CCN(C(=O)[C@H](C)N)CC1. The van der Waals surface area contributed by atoms with E-state index >= 15 is 0 Å². The van der Waals surface area contributed by atoms with Gasteiger partial charge in [0.1, 0.15) is 0 Å². The lowest BCUT2D eigenvalue weighted by atomic mass is 9.90. The van der Waals surface area contributed by atoms with E-state index in [0.29, 0.717) is 18.7 Å². The van der Waals surface area contributed by atoms with Crippen LogP contribution in [0.1, 0.15) is 37.8 Å². The molecule has 8 heteroatoms. The van der Waals surface area contributed by atoms with E-state index in [-0.39, 0.29) is 30.2 Å². The number of carbonyl (C=O) groups excluding carboxylic acids is 2. The summed E-state index contributed by atoms with van der Waals surface area (Å²) in [4.78, 5) is 25.9. The summed E-state index contributed by atoms with van der Waals surface area (Å²) < 4.78 is 38.3. The molecule has 1 aromatic carbocycles. The lowest BCUT2D eigenvalue weighted by Gasteiger charge is -2.35. The molecule has 1 fully saturated rings. The fourth-order valence-corrected chi connectivity index (χ4v) is 3.37. The molecule has 3 N–H and O–H groups in total. The van der Waals surface area contributed by atoms with Crippen molar-refractivity contribution in [3.8, 4) is 0 Å². The molecule has 1 unspecified atom stereocenters. The van der Waals surface area contributed by atoms with Crippen molar-refractivity contribution in [3.63, 3.8) is 0 Å². The van der Waals surface area contributed by atoms with Crippen LogP contribution < -0.4 is 11.1 Å². The van der Waals surface area contributed by atoms with Crippen molar-refractivity contribution in [3.05, 3.63) is 35.4 Å². The van der Waals surface area contributed by atoms with E-state index in [2.05, 4.69) is 5.32 Å². The van der Waals surface area contributed by atoms with Crippen LogP contribution in [-0.4, -0.2) is 41.9 Å². The first kappa shape index (κ1) is 21.2. The third-order valence-electron chi connectivity index (χ3n) is 4.96. The zero-order valence-electron chi connectivity index (χ0n) is 15.6. The highest BCUT2D eigenvalue weighted by molar-refractivity contribution is 5.81. The number of hydrogen-bond donors (Lipinski definition) is 2. The van der Waals surface area contributed by atoms with Crippen LogP contribution in [0.25, 0.3) is 0 Å². The lowest BCUT2D eigenvalue weighted by Crippen LogP contribution is -2.49. The maximum atomic E-state index is 12.8. The van der Waals surface area contributed by atoms with Crippen LogP contribution in [0.2, 0.25) is 0 Å². The van der Waals surface area contributed by atoms with E-state index in [1.807, 2.05) is 6.92 Å². The summed E-state index contributed by atoms with van der Waals surface area (Å²) in [6.45, 7) is 4.74. The average Bonchev–Trinajstić information content (AvgIpc) is 2.60. The van der Waals surface area contributed by atoms with Gasteiger partial charge in [0.2, 0.25) is 11.8 Å². The number of alkyl halides is 3. The highest BCUT2D eigenvalue weighted by Crippen LogP contribution is 2.29. The Morgan fingerprint density at radius 3 is 2.44 bits per heavy atom. The summed E-state index contributed by atoms with van der Waals surface area (Å²) in [6.07, 6.45) is -3.02. The molecule has 27 heavy (non-hydrogen) atoms.